The van der Waals surface area contributed by atoms with Gasteiger partial charge < -0.3 is 0 Å². The number of carbonyl (C=O) groups is 1. The molecule has 3 aromatic carbocycles. The Kier molecular flexibility index (Phi) is 3.75. The van der Waals surface area contributed by atoms with Crippen LogP contribution in [0.25, 0.3) is 0 Å². The summed E-state index contributed by atoms with van der Waals surface area (Å²) in [6.45, 7) is 2.24. The van der Waals surface area contributed by atoms with Gasteiger partial charge in [0, 0.05) is 16.7 Å². The number of fused-ring (bicyclic) bond motifs is 1. The molecule has 25 heavy (non-hydrogen) atoms. The molecule has 0 saturated carbocycles. The maximum atomic E-state index is 13.2. The Hall–Kier alpha value is -2.75. The summed E-state index contributed by atoms with van der Waals surface area (Å²) in [7, 11) is 0. The van der Waals surface area contributed by atoms with Crippen molar-refractivity contribution in [1.29, 1.82) is 0 Å². The molecule has 3 nitrogen and oxygen atoms in total. The third kappa shape index (κ3) is 2.58. The summed E-state index contributed by atoms with van der Waals surface area (Å²) in [6.07, 6.45) is 0. The van der Waals surface area contributed by atoms with Gasteiger partial charge in [-0.3, -0.25) is 0 Å². The smallest absolute Gasteiger partial charge is 0.222 e. The molecule has 1 unspecified atom stereocenters. The van der Waals surface area contributed by atoms with Crippen LogP contribution in [-0.2, 0) is 6.54 Å². The fraction of sp³-hybridized carbons (Fsp3) is 0.136. The average Bonchev–Trinajstić information content (AvgIpc) is 2.88. The molecule has 1 N–H and O–H groups in total. The van der Waals surface area contributed by atoms with Crippen molar-refractivity contribution in [1.82, 2.24) is 0 Å². The summed E-state index contributed by atoms with van der Waals surface area (Å²) >= 11 is 0. The average molecular weight is 330 g/mol. The van der Waals surface area contributed by atoms with Gasteiger partial charge >= 0.3 is 5.91 Å². The Labute approximate surface area is 147 Å². The second kappa shape index (κ2) is 5.96. The van der Waals surface area contributed by atoms with Crippen molar-refractivity contribution in [2.45, 2.75) is 19.5 Å². The molecular weight excluding hydrogens is 310 g/mol. The Balaban J connectivity index is 1.87. The normalized spacial score (nSPS) is 19.2. The highest BCUT2D eigenvalue weighted by atomic mass is 16.6. The summed E-state index contributed by atoms with van der Waals surface area (Å²) in [5.41, 5.74) is 4.40. The van der Waals surface area contributed by atoms with Crippen LogP contribution in [0.1, 0.15) is 38.7 Å². The van der Waals surface area contributed by atoms with Crippen molar-refractivity contribution in [2.75, 3.05) is 0 Å². The molecule has 1 aliphatic rings. The number of amides is 1. The van der Waals surface area contributed by atoms with Crippen LogP contribution in [0.2, 0.25) is 0 Å². The number of quaternary nitrogens is 1. The van der Waals surface area contributed by atoms with Crippen LogP contribution in [-0.4, -0.2) is 15.8 Å². The maximum Gasteiger partial charge on any atom is 0.379 e. The molecular formula is C22H20NO2+. The first-order chi connectivity index (χ1) is 12.1. The molecule has 0 bridgehead atoms. The summed E-state index contributed by atoms with van der Waals surface area (Å²) in [5.74, 6) is -0.239. The molecule has 0 radical (unpaired) electrons. The molecule has 1 heterocycles. The molecule has 4 rings (SSSR count). The van der Waals surface area contributed by atoms with Gasteiger partial charge in [0.1, 0.15) is 6.54 Å². The van der Waals surface area contributed by atoms with Gasteiger partial charge in [-0.2, -0.15) is 0 Å². The van der Waals surface area contributed by atoms with Crippen LogP contribution >= 0.6 is 0 Å². The predicted molar refractivity (Wildman–Crippen MR) is 96.0 cm³/mol. The van der Waals surface area contributed by atoms with Crippen molar-refractivity contribution in [3.63, 3.8) is 0 Å². The predicted octanol–water partition coefficient (Wildman–Crippen LogP) is 4.64. The number of nitrogens with zero attached hydrogens (tertiary/aromatic N) is 1. The summed E-state index contributed by atoms with van der Waals surface area (Å²) in [6, 6.07) is 24.9. The first kappa shape index (κ1) is 15.8. The van der Waals surface area contributed by atoms with Crippen molar-refractivity contribution >= 4 is 5.91 Å². The summed E-state index contributed by atoms with van der Waals surface area (Å²) in [4.78, 5) is 13.2. The van der Waals surface area contributed by atoms with E-state index in [9.17, 15) is 10.0 Å². The van der Waals surface area contributed by atoms with Gasteiger partial charge in [-0.1, -0.05) is 78.4 Å². The fourth-order valence-corrected chi connectivity index (χ4v) is 3.73. The maximum absolute atomic E-state index is 13.2. The van der Waals surface area contributed by atoms with Crippen molar-refractivity contribution in [3.8, 4) is 0 Å². The van der Waals surface area contributed by atoms with Crippen molar-refractivity contribution < 1.29 is 14.6 Å². The summed E-state index contributed by atoms with van der Waals surface area (Å²) < 4.78 is -0.646. The molecule has 3 aromatic rings. The van der Waals surface area contributed by atoms with Crippen LogP contribution in [0.15, 0.2) is 78.9 Å². The topological polar surface area (TPSA) is 37.3 Å². The number of hydroxylamine groups is 3. The number of hydrogen-bond donors (Lipinski definition) is 1. The molecule has 0 fully saturated rings. The third-order valence-electron chi connectivity index (χ3n) is 4.92. The molecule has 0 aromatic heterocycles. The van der Waals surface area contributed by atoms with E-state index in [-0.39, 0.29) is 12.5 Å². The fourth-order valence-electron chi connectivity index (χ4n) is 3.73. The Morgan fingerprint density at radius 3 is 2.00 bits per heavy atom. The van der Waals surface area contributed by atoms with Gasteiger partial charge in [0.15, 0.2) is 6.04 Å². The van der Waals surface area contributed by atoms with Gasteiger partial charge in [-0.05, 0) is 13.0 Å². The zero-order valence-electron chi connectivity index (χ0n) is 14.1. The van der Waals surface area contributed by atoms with Crippen molar-refractivity contribution in [2.24, 2.45) is 0 Å². The number of aryl methyl sites for hydroxylation is 1. The second-order valence-corrected chi connectivity index (χ2v) is 6.67. The Morgan fingerprint density at radius 1 is 0.880 bits per heavy atom. The second-order valence-electron chi connectivity index (χ2n) is 6.67. The molecule has 0 saturated heterocycles. The lowest BCUT2D eigenvalue weighted by Gasteiger charge is -2.32. The standard InChI is InChI=1S/C22H20NO2/c1-16-12-13-19-15-23(25,22(24)20(19)14-16)21(17-8-4-2-5-9-17)18-10-6-3-7-11-18/h2-14,21,25H,15H2,1H3/q+1. The molecule has 0 spiro atoms. The minimum atomic E-state index is -0.646. The van der Waals surface area contributed by atoms with Crippen LogP contribution < -0.4 is 0 Å². The van der Waals surface area contributed by atoms with E-state index in [1.54, 1.807) is 0 Å². The number of benzene rings is 3. The van der Waals surface area contributed by atoms with E-state index in [0.29, 0.717) is 5.56 Å². The van der Waals surface area contributed by atoms with Crippen LogP contribution in [0, 0.1) is 6.92 Å². The van der Waals surface area contributed by atoms with Gasteiger partial charge in [0.2, 0.25) is 0 Å². The number of rotatable bonds is 3. The van der Waals surface area contributed by atoms with Crippen LogP contribution in [0.5, 0.6) is 0 Å². The minimum Gasteiger partial charge on any atom is -0.222 e. The van der Waals surface area contributed by atoms with E-state index < -0.39 is 10.7 Å². The minimum absolute atomic E-state index is 0.239. The van der Waals surface area contributed by atoms with E-state index in [4.69, 9.17) is 0 Å². The van der Waals surface area contributed by atoms with E-state index in [1.807, 2.05) is 85.8 Å². The number of hydrogen-bond acceptors (Lipinski definition) is 2. The molecule has 3 heteroatoms. The lowest BCUT2D eigenvalue weighted by molar-refractivity contribution is -1.06. The van der Waals surface area contributed by atoms with Crippen LogP contribution in [0.3, 0.4) is 0 Å². The first-order valence-electron chi connectivity index (χ1n) is 8.44. The van der Waals surface area contributed by atoms with Gasteiger partial charge in [-0.15, -0.1) is 4.65 Å². The SMILES string of the molecule is Cc1ccc2c(c1)C(=O)[N+](O)(C(c1ccccc1)c1ccccc1)C2. The highest BCUT2D eigenvalue weighted by Crippen LogP contribution is 2.41. The van der Waals surface area contributed by atoms with Crippen LogP contribution in [0.4, 0.5) is 0 Å². The zero-order valence-corrected chi connectivity index (χ0v) is 14.1. The highest BCUT2D eigenvalue weighted by Gasteiger charge is 2.52. The third-order valence-corrected chi connectivity index (χ3v) is 4.92. The lowest BCUT2D eigenvalue weighted by Crippen LogP contribution is -2.48. The molecule has 1 atom stereocenters. The molecule has 124 valence electrons. The van der Waals surface area contributed by atoms with Crippen molar-refractivity contribution in [3.05, 3.63) is 107 Å². The lowest BCUT2D eigenvalue weighted by atomic mass is 9.96. The summed E-state index contributed by atoms with van der Waals surface area (Å²) in [5, 5.41) is 11.5. The Bertz CT molecular complexity index is 882. The molecule has 1 amide bonds. The van der Waals surface area contributed by atoms with E-state index >= 15 is 0 Å². The molecule has 1 aliphatic heterocycles. The van der Waals surface area contributed by atoms with Gasteiger partial charge in [0.05, 0.1) is 5.56 Å². The zero-order chi connectivity index (χ0) is 17.4. The highest BCUT2D eigenvalue weighted by molar-refractivity contribution is 5.92. The Morgan fingerprint density at radius 2 is 1.44 bits per heavy atom. The largest absolute Gasteiger partial charge is 0.379 e. The van der Waals surface area contributed by atoms with E-state index in [1.165, 1.54) is 0 Å². The van der Waals surface area contributed by atoms with Gasteiger partial charge in [0.25, 0.3) is 0 Å². The van der Waals surface area contributed by atoms with E-state index in [0.717, 1.165) is 22.3 Å². The first-order valence-corrected chi connectivity index (χ1v) is 8.44. The van der Waals surface area contributed by atoms with E-state index in [2.05, 4.69) is 0 Å². The number of carbonyl (C=O) groups excluding carboxylic acids is 1. The quantitative estimate of drug-likeness (QED) is 0.561. The van der Waals surface area contributed by atoms with Gasteiger partial charge in [-0.25, -0.2) is 10.0 Å². The monoisotopic (exact) mass is 330 g/mol. The molecule has 0 aliphatic carbocycles.